The first kappa shape index (κ1) is 11.1. The van der Waals surface area contributed by atoms with Crippen LogP contribution in [0.3, 0.4) is 0 Å². The lowest BCUT2D eigenvalue weighted by atomic mass is 10.2. The van der Waals surface area contributed by atoms with Crippen molar-refractivity contribution in [2.24, 2.45) is 0 Å². The summed E-state index contributed by atoms with van der Waals surface area (Å²) in [6, 6.07) is -0.147. The van der Waals surface area contributed by atoms with Gasteiger partial charge in [-0.2, -0.15) is 5.10 Å². The largest absolute Gasteiger partial charge is 0.461 e. The summed E-state index contributed by atoms with van der Waals surface area (Å²) in [6.07, 6.45) is 4.61. The first-order valence-corrected chi connectivity index (χ1v) is 5.58. The van der Waals surface area contributed by atoms with Gasteiger partial charge in [0.15, 0.2) is 0 Å². The molecule has 1 aromatic heterocycles. The number of ether oxygens (including phenoxy) is 1. The lowest BCUT2D eigenvalue weighted by Crippen LogP contribution is -2.35. The standard InChI is InChI=1S/C11H17N3O2/c1-8-6-13-14(7-8)4-3-12-10-5-9(2)16-11(10)15/h6-7,9-10,12H,3-5H2,1-2H3/t9-,10+/m0/s1. The third-order valence-corrected chi connectivity index (χ3v) is 2.66. The maximum Gasteiger partial charge on any atom is 0.323 e. The van der Waals surface area contributed by atoms with Crippen LogP contribution in [0.15, 0.2) is 12.4 Å². The predicted molar refractivity (Wildman–Crippen MR) is 58.9 cm³/mol. The topological polar surface area (TPSA) is 56.1 Å². The number of esters is 1. The number of aryl methyl sites for hydroxylation is 1. The molecular formula is C11H17N3O2. The maximum atomic E-state index is 11.3. The zero-order valence-corrected chi connectivity index (χ0v) is 9.64. The monoisotopic (exact) mass is 223 g/mol. The van der Waals surface area contributed by atoms with Gasteiger partial charge in [-0.15, -0.1) is 0 Å². The molecule has 2 rings (SSSR count). The molecule has 5 heteroatoms. The Morgan fingerprint density at radius 1 is 1.69 bits per heavy atom. The van der Waals surface area contributed by atoms with Gasteiger partial charge >= 0.3 is 5.97 Å². The predicted octanol–water partition coefficient (Wildman–Crippen LogP) is 0.485. The number of cyclic esters (lactones) is 1. The summed E-state index contributed by atoms with van der Waals surface area (Å²) in [4.78, 5) is 11.3. The van der Waals surface area contributed by atoms with Crippen LogP contribution in [0.5, 0.6) is 0 Å². The average molecular weight is 223 g/mol. The molecule has 1 aromatic rings. The van der Waals surface area contributed by atoms with Gasteiger partial charge in [0.25, 0.3) is 0 Å². The number of rotatable bonds is 4. The Bertz CT molecular complexity index is 375. The summed E-state index contributed by atoms with van der Waals surface area (Å²) in [5, 5.41) is 7.36. The number of nitrogens with one attached hydrogen (secondary N) is 1. The highest BCUT2D eigenvalue weighted by molar-refractivity contribution is 5.77. The number of hydrogen-bond acceptors (Lipinski definition) is 4. The highest BCUT2D eigenvalue weighted by Gasteiger charge is 2.30. The van der Waals surface area contributed by atoms with Crippen LogP contribution in [-0.4, -0.2) is 34.4 Å². The van der Waals surface area contributed by atoms with Crippen molar-refractivity contribution in [2.45, 2.75) is 39.0 Å². The van der Waals surface area contributed by atoms with E-state index in [0.29, 0.717) is 0 Å². The van der Waals surface area contributed by atoms with E-state index < -0.39 is 0 Å². The maximum absolute atomic E-state index is 11.3. The normalized spacial score (nSPS) is 24.8. The van der Waals surface area contributed by atoms with Crippen molar-refractivity contribution in [1.82, 2.24) is 15.1 Å². The van der Waals surface area contributed by atoms with Crippen LogP contribution < -0.4 is 5.32 Å². The lowest BCUT2D eigenvalue weighted by molar-refractivity contribution is -0.142. The van der Waals surface area contributed by atoms with Crippen LogP contribution in [0.1, 0.15) is 18.9 Å². The van der Waals surface area contributed by atoms with Gasteiger partial charge in [-0.25, -0.2) is 0 Å². The average Bonchev–Trinajstić information content (AvgIpc) is 2.74. The van der Waals surface area contributed by atoms with Crippen LogP contribution in [0, 0.1) is 6.92 Å². The van der Waals surface area contributed by atoms with Crippen molar-refractivity contribution >= 4 is 5.97 Å². The Balaban J connectivity index is 1.74. The summed E-state index contributed by atoms with van der Waals surface area (Å²) < 4.78 is 6.92. The first-order valence-electron chi connectivity index (χ1n) is 5.58. The van der Waals surface area contributed by atoms with Gasteiger partial charge in [0.05, 0.1) is 12.7 Å². The van der Waals surface area contributed by atoms with E-state index in [0.717, 1.165) is 25.1 Å². The minimum atomic E-state index is -0.147. The van der Waals surface area contributed by atoms with Gasteiger partial charge in [-0.3, -0.25) is 9.48 Å². The fraction of sp³-hybridized carbons (Fsp3) is 0.636. The second-order valence-electron chi connectivity index (χ2n) is 4.27. The summed E-state index contributed by atoms with van der Waals surface area (Å²) in [7, 11) is 0. The molecule has 0 unspecified atom stereocenters. The number of carbonyl (C=O) groups excluding carboxylic acids is 1. The zero-order chi connectivity index (χ0) is 11.5. The molecule has 0 aromatic carbocycles. The fourth-order valence-electron chi connectivity index (χ4n) is 1.87. The number of nitrogens with zero attached hydrogens (tertiary/aromatic N) is 2. The third kappa shape index (κ3) is 2.61. The minimum absolute atomic E-state index is 0.0388. The molecule has 88 valence electrons. The van der Waals surface area contributed by atoms with Crippen molar-refractivity contribution in [3.63, 3.8) is 0 Å². The molecule has 1 fully saturated rings. The minimum Gasteiger partial charge on any atom is -0.461 e. The van der Waals surface area contributed by atoms with E-state index in [9.17, 15) is 4.79 Å². The van der Waals surface area contributed by atoms with E-state index in [1.807, 2.05) is 30.9 Å². The molecule has 1 aliphatic heterocycles. The Labute approximate surface area is 94.8 Å². The molecular weight excluding hydrogens is 206 g/mol. The Kier molecular flexibility index (Phi) is 3.24. The Hall–Kier alpha value is -1.36. The molecule has 0 amide bonds. The highest BCUT2D eigenvalue weighted by atomic mass is 16.6. The van der Waals surface area contributed by atoms with Gasteiger partial charge < -0.3 is 10.1 Å². The molecule has 1 aliphatic rings. The number of carbonyl (C=O) groups is 1. The molecule has 2 heterocycles. The van der Waals surface area contributed by atoms with E-state index in [2.05, 4.69) is 10.4 Å². The number of aromatic nitrogens is 2. The summed E-state index contributed by atoms with van der Waals surface area (Å²) >= 11 is 0. The molecule has 1 saturated heterocycles. The molecule has 0 aliphatic carbocycles. The Morgan fingerprint density at radius 3 is 3.06 bits per heavy atom. The molecule has 0 spiro atoms. The fourth-order valence-corrected chi connectivity index (χ4v) is 1.87. The van der Waals surface area contributed by atoms with Gasteiger partial charge in [-0.05, 0) is 19.4 Å². The summed E-state index contributed by atoms with van der Waals surface area (Å²) in [5.41, 5.74) is 1.15. The SMILES string of the molecule is Cc1cnn(CCN[C@@H]2C[C@H](C)OC2=O)c1. The van der Waals surface area contributed by atoms with E-state index >= 15 is 0 Å². The molecule has 2 atom stereocenters. The zero-order valence-electron chi connectivity index (χ0n) is 9.64. The van der Waals surface area contributed by atoms with Crippen LogP contribution in [0.4, 0.5) is 0 Å². The van der Waals surface area contributed by atoms with Gasteiger partial charge in [0, 0.05) is 19.2 Å². The van der Waals surface area contributed by atoms with E-state index in [1.165, 1.54) is 0 Å². The molecule has 1 N–H and O–H groups in total. The van der Waals surface area contributed by atoms with E-state index in [4.69, 9.17) is 4.74 Å². The quantitative estimate of drug-likeness (QED) is 0.755. The highest BCUT2D eigenvalue weighted by Crippen LogP contribution is 2.13. The first-order chi connectivity index (χ1) is 7.65. The van der Waals surface area contributed by atoms with Gasteiger partial charge in [0.2, 0.25) is 0 Å². The summed E-state index contributed by atoms with van der Waals surface area (Å²) in [5.74, 6) is -0.135. The number of hydrogen-bond donors (Lipinski definition) is 1. The smallest absolute Gasteiger partial charge is 0.323 e. The molecule has 0 radical (unpaired) electrons. The molecule has 0 bridgehead atoms. The van der Waals surface area contributed by atoms with Crippen LogP contribution in [-0.2, 0) is 16.1 Å². The van der Waals surface area contributed by atoms with E-state index in [-0.39, 0.29) is 18.1 Å². The third-order valence-electron chi connectivity index (χ3n) is 2.66. The molecule has 16 heavy (non-hydrogen) atoms. The van der Waals surface area contributed by atoms with Gasteiger partial charge in [-0.1, -0.05) is 0 Å². The van der Waals surface area contributed by atoms with E-state index in [1.54, 1.807) is 0 Å². The second-order valence-corrected chi connectivity index (χ2v) is 4.27. The molecule has 5 nitrogen and oxygen atoms in total. The van der Waals surface area contributed by atoms with Crippen molar-refractivity contribution in [3.05, 3.63) is 18.0 Å². The van der Waals surface area contributed by atoms with Crippen molar-refractivity contribution in [3.8, 4) is 0 Å². The van der Waals surface area contributed by atoms with Crippen molar-refractivity contribution < 1.29 is 9.53 Å². The van der Waals surface area contributed by atoms with Crippen LogP contribution in [0.25, 0.3) is 0 Å². The van der Waals surface area contributed by atoms with Crippen LogP contribution >= 0.6 is 0 Å². The van der Waals surface area contributed by atoms with Crippen LogP contribution in [0.2, 0.25) is 0 Å². The van der Waals surface area contributed by atoms with Gasteiger partial charge in [0.1, 0.15) is 12.1 Å². The second kappa shape index (κ2) is 4.65. The van der Waals surface area contributed by atoms with Crippen molar-refractivity contribution in [1.29, 1.82) is 0 Å². The molecule has 0 saturated carbocycles. The van der Waals surface area contributed by atoms with Crippen molar-refractivity contribution in [2.75, 3.05) is 6.54 Å². The lowest BCUT2D eigenvalue weighted by Gasteiger charge is -2.08. The summed E-state index contributed by atoms with van der Waals surface area (Å²) in [6.45, 7) is 5.42. The Morgan fingerprint density at radius 2 is 2.50 bits per heavy atom.